The van der Waals surface area contributed by atoms with Crippen LogP contribution in [0.3, 0.4) is 0 Å². The Labute approximate surface area is 167 Å². The van der Waals surface area contributed by atoms with Crippen LogP contribution in [0, 0.1) is 0 Å². The first kappa shape index (κ1) is 20.4. The van der Waals surface area contributed by atoms with Gasteiger partial charge in [-0.25, -0.2) is 4.79 Å². The highest BCUT2D eigenvalue weighted by atomic mass is 32.2. The van der Waals surface area contributed by atoms with Crippen molar-refractivity contribution in [1.29, 1.82) is 0 Å². The smallest absolute Gasteiger partial charge is 0.327 e. The van der Waals surface area contributed by atoms with Crippen molar-refractivity contribution in [1.82, 2.24) is 10.2 Å². The molecule has 150 valence electrons. The Kier molecular flexibility index (Phi) is 4.82. The van der Waals surface area contributed by atoms with Crippen molar-refractivity contribution in [3.05, 3.63) is 35.4 Å². The summed E-state index contributed by atoms with van der Waals surface area (Å²) in [6.07, 6.45) is 0. The molecule has 1 aromatic carbocycles. The van der Waals surface area contributed by atoms with Gasteiger partial charge in [0, 0.05) is 10.3 Å². The van der Waals surface area contributed by atoms with Gasteiger partial charge >= 0.3 is 5.97 Å². The zero-order valence-corrected chi connectivity index (χ0v) is 17.3. The van der Waals surface area contributed by atoms with Crippen LogP contribution >= 0.6 is 11.8 Å². The number of rotatable bonds is 5. The van der Waals surface area contributed by atoms with E-state index in [1.807, 2.05) is 26.0 Å². The van der Waals surface area contributed by atoms with Gasteiger partial charge in [0.2, 0.25) is 5.54 Å². The van der Waals surface area contributed by atoms with Crippen molar-refractivity contribution in [2.75, 3.05) is 0 Å². The number of nitrogens with zero attached hydrogens (tertiary/aromatic N) is 1. The molecular formula is C20H24N2O5S. The Hall–Kier alpha value is -2.35. The number of carboxylic acids is 1. The molecule has 2 N–H and O–H groups in total. The predicted molar refractivity (Wildman–Crippen MR) is 105 cm³/mol. The lowest BCUT2D eigenvalue weighted by atomic mass is 9.81. The van der Waals surface area contributed by atoms with Gasteiger partial charge in [0.1, 0.15) is 11.4 Å². The predicted octanol–water partition coefficient (Wildman–Crippen LogP) is 2.01. The Morgan fingerprint density at radius 3 is 2.21 bits per heavy atom. The summed E-state index contributed by atoms with van der Waals surface area (Å²) in [5.41, 5.74) is -0.325. The van der Waals surface area contributed by atoms with E-state index in [-0.39, 0.29) is 0 Å². The maximum Gasteiger partial charge on any atom is 0.327 e. The third-order valence-electron chi connectivity index (χ3n) is 5.49. The van der Waals surface area contributed by atoms with E-state index in [0.29, 0.717) is 11.5 Å². The number of ketones is 1. The fraction of sp³-hybridized carbons (Fsp3) is 0.500. The van der Waals surface area contributed by atoms with E-state index in [2.05, 4.69) is 5.32 Å². The maximum atomic E-state index is 12.9. The van der Waals surface area contributed by atoms with Crippen molar-refractivity contribution in [2.45, 2.75) is 62.2 Å². The number of carbonyl (C=O) groups is 4. The quantitative estimate of drug-likeness (QED) is 0.575. The van der Waals surface area contributed by atoms with Gasteiger partial charge in [-0.1, -0.05) is 26.0 Å². The third kappa shape index (κ3) is 2.82. The summed E-state index contributed by atoms with van der Waals surface area (Å²) in [4.78, 5) is 51.1. The van der Waals surface area contributed by atoms with Crippen molar-refractivity contribution in [3.63, 3.8) is 0 Å². The van der Waals surface area contributed by atoms with E-state index in [1.165, 1.54) is 23.6 Å². The third-order valence-corrected chi connectivity index (χ3v) is 7.12. The van der Waals surface area contributed by atoms with Crippen LogP contribution in [-0.4, -0.2) is 55.3 Å². The Bertz CT molecular complexity index is 864. The van der Waals surface area contributed by atoms with Gasteiger partial charge in [-0.2, -0.15) is 0 Å². The summed E-state index contributed by atoms with van der Waals surface area (Å²) in [5, 5.41) is 11.4. The molecule has 2 heterocycles. The van der Waals surface area contributed by atoms with E-state index in [1.54, 1.807) is 26.0 Å². The zero-order valence-electron chi connectivity index (χ0n) is 16.5. The average molecular weight is 404 g/mol. The fourth-order valence-electron chi connectivity index (χ4n) is 3.86. The molecule has 0 aliphatic carbocycles. The van der Waals surface area contributed by atoms with Gasteiger partial charge in [-0.3, -0.25) is 14.4 Å². The van der Waals surface area contributed by atoms with Crippen LogP contribution in [0.15, 0.2) is 24.3 Å². The summed E-state index contributed by atoms with van der Waals surface area (Å²) >= 11 is 1.23. The van der Waals surface area contributed by atoms with Gasteiger partial charge < -0.3 is 15.3 Å². The van der Waals surface area contributed by atoms with E-state index in [4.69, 9.17) is 0 Å². The van der Waals surface area contributed by atoms with Crippen LogP contribution in [0.2, 0.25) is 0 Å². The van der Waals surface area contributed by atoms with Crippen LogP contribution in [-0.2, 0) is 14.4 Å². The summed E-state index contributed by atoms with van der Waals surface area (Å²) < 4.78 is -0.785. The van der Waals surface area contributed by atoms with E-state index < -0.39 is 45.3 Å². The van der Waals surface area contributed by atoms with Crippen LogP contribution in [0.25, 0.3) is 0 Å². The second-order valence-electron chi connectivity index (χ2n) is 8.12. The summed E-state index contributed by atoms with van der Waals surface area (Å²) in [6.45, 7) is 8.77. The first-order chi connectivity index (χ1) is 12.9. The summed E-state index contributed by atoms with van der Waals surface area (Å²) in [7, 11) is 0. The number of β-lactam (4-membered cyclic amide) rings is 1. The molecule has 1 aromatic rings. The standard InChI is InChI=1S/C20H24N2O5S/c1-10(2)12-6-8-13(9-7-12)15(24)21-20(11(3)23)17(27)22-14(16(25)26)19(4,5)28-18(20)22/h6-10,14,18H,1-5H3,(H,21,24)(H,25,26)/t14-,18+,20?/m0/s1. The maximum absolute atomic E-state index is 12.9. The number of carbonyl (C=O) groups excluding carboxylic acids is 3. The minimum Gasteiger partial charge on any atom is -0.480 e. The van der Waals surface area contributed by atoms with Gasteiger partial charge in [0.25, 0.3) is 11.8 Å². The molecule has 8 heteroatoms. The number of Topliss-reactive ketones (excluding diaryl/α,β-unsaturated/α-hetero) is 1. The van der Waals surface area contributed by atoms with Crippen molar-refractivity contribution >= 4 is 35.3 Å². The molecule has 7 nitrogen and oxygen atoms in total. The second-order valence-corrected chi connectivity index (χ2v) is 9.86. The van der Waals surface area contributed by atoms with Crippen molar-refractivity contribution < 1.29 is 24.3 Å². The summed E-state index contributed by atoms with van der Waals surface area (Å²) in [6, 6.07) is 5.94. The number of nitrogens with one attached hydrogen (secondary N) is 1. The molecule has 28 heavy (non-hydrogen) atoms. The second kappa shape index (κ2) is 6.62. The number of thioether (sulfide) groups is 1. The highest BCUT2D eigenvalue weighted by Crippen LogP contribution is 2.55. The molecule has 0 bridgehead atoms. The normalized spacial score (nSPS) is 27.9. The molecule has 2 saturated heterocycles. The van der Waals surface area contributed by atoms with Crippen molar-refractivity contribution in [3.8, 4) is 0 Å². The van der Waals surface area contributed by atoms with E-state index in [0.717, 1.165) is 5.56 Å². The number of benzene rings is 1. The van der Waals surface area contributed by atoms with Gasteiger partial charge in [0.15, 0.2) is 5.78 Å². The SMILES string of the molecule is CC(=O)C1(NC(=O)c2ccc(C(C)C)cc2)C(=O)N2[C@@H](C(=O)O)C(C)(C)S[C@@H]21. The number of amides is 2. The molecule has 3 atom stereocenters. The molecule has 1 unspecified atom stereocenters. The monoisotopic (exact) mass is 404 g/mol. The van der Waals surface area contributed by atoms with E-state index in [9.17, 15) is 24.3 Å². The molecule has 2 aliphatic heterocycles. The molecule has 2 amide bonds. The van der Waals surface area contributed by atoms with Crippen LogP contribution in [0.4, 0.5) is 0 Å². The van der Waals surface area contributed by atoms with E-state index >= 15 is 0 Å². The molecule has 0 aromatic heterocycles. The molecule has 3 rings (SSSR count). The van der Waals surface area contributed by atoms with Crippen LogP contribution in [0.1, 0.15) is 56.5 Å². The number of hydrogen-bond donors (Lipinski definition) is 2. The minimum absolute atomic E-state index is 0.313. The summed E-state index contributed by atoms with van der Waals surface area (Å²) in [5.74, 6) is -2.51. The molecule has 0 saturated carbocycles. The van der Waals surface area contributed by atoms with Crippen molar-refractivity contribution in [2.24, 2.45) is 0 Å². The Morgan fingerprint density at radius 1 is 1.18 bits per heavy atom. The van der Waals surface area contributed by atoms with Crippen LogP contribution < -0.4 is 5.32 Å². The molecule has 0 radical (unpaired) electrons. The average Bonchev–Trinajstić information content (AvgIpc) is 2.87. The van der Waals surface area contributed by atoms with Crippen LogP contribution in [0.5, 0.6) is 0 Å². The number of fused-ring (bicyclic) bond motifs is 1. The largest absolute Gasteiger partial charge is 0.480 e. The first-order valence-electron chi connectivity index (χ1n) is 9.10. The number of aliphatic carboxylic acids is 1. The Morgan fingerprint density at radius 2 is 1.75 bits per heavy atom. The topological polar surface area (TPSA) is 104 Å². The van der Waals surface area contributed by atoms with Gasteiger partial charge in [-0.15, -0.1) is 11.8 Å². The highest BCUT2D eigenvalue weighted by Gasteiger charge is 2.74. The fourth-order valence-corrected chi connectivity index (χ4v) is 5.61. The highest BCUT2D eigenvalue weighted by molar-refractivity contribution is 8.01. The van der Waals surface area contributed by atoms with Gasteiger partial charge in [-0.05, 0) is 44.4 Å². The zero-order chi connectivity index (χ0) is 21.0. The molecular weight excluding hydrogens is 380 g/mol. The Balaban J connectivity index is 1.90. The number of carboxylic acid groups (broad SMARTS) is 1. The molecule has 2 fully saturated rings. The first-order valence-corrected chi connectivity index (χ1v) is 9.98. The minimum atomic E-state index is -1.74. The number of hydrogen-bond acceptors (Lipinski definition) is 5. The molecule has 0 spiro atoms. The lowest BCUT2D eigenvalue weighted by Crippen LogP contribution is -2.82. The lowest BCUT2D eigenvalue weighted by molar-refractivity contribution is -0.170. The lowest BCUT2D eigenvalue weighted by Gasteiger charge is -2.51. The van der Waals surface area contributed by atoms with Gasteiger partial charge in [0.05, 0.1) is 0 Å². The molecule has 2 aliphatic rings.